The van der Waals surface area contributed by atoms with Crippen molar-refractivity contribution in [3.05, 3.63) is 12.2 Å². The van der Waals surface area contributed by atoms with E-state index < -0.39 is 42.0 Å². The molecule has 0 unspecified atom stereocenters. The van der Waals surface area contributed by atoms with Crippen molar-refractivity contribution in [3.63, 3.8) is 0 Å². The number of carbonyl (C=O) groups is 3. The number of carboxylic acids is 3. The molecule has 0 aromatic heterocycles. The number of hydrogen-bond acceptors (Lipinski definition) is 3. The predicted molar refractivity (Wildman–Crippen MR) is 94.4 cm³/mol. The van der Waals surface area contributed by atoms with Crippen molar-refractivity contribution in [2.24, 2.45) is 0 Å². The second-order valence-corrected chi connectivity index (χ2v) is 6.55. The van der Waals surface area contributed by atoms with E-state index in [0.29, 0.717) is 6.42 Å². The summed E-state index contributed by atoms with van der Waals surface area (Å²) < 4.78 is -0.441. The Morgan fingerprint density at radius 3 is 1.52 bits per heavy atom. The molecule has 0 aromatic carbocycles. The van der Waals surface area contributed by atoms with Gasteiger partial charge in [0.1, 0.15) is 0 Å². The summed E-state index contributed by atoms with van der Waals surface area (Å²) in [6.45, 7) is 0.820. The van der Waals surface area contributed by atoms with Gasteiger partial charge in [0.05, 0.1) is 6.54 Å². The minimum absolute atomic E-state index is 0.256. The molecular formula is C18H32NO6+. The maximum absolute atomic E-state index is 11.1. The van der Waals surface area contributed by atoms with Crippen molar-refractivity contribution in [1.29, 1.82) is 0 Å². The van der Waals surface area contributed by atoms with Gasteiger partial charge in [-0.2, -0.15) is 0 Å². The molecule has 0 spiro atoms. The average molecular weight is 358 g/mol. The van der Waals surface area contributed by atoms with Gasteiger partial charge in [-0.3, -0.25) is 4.48 Å². The van der Waals surface area contributed by atoms with Crippen LogP contribution in [0.3, 0.4) is 0 Å². The summed E-state index contributed by atoms with van der Waals surface area (Å²) in [5.41, 5.74) is 0. The van der Waals surface area contributed by atoms with E-state index in [0.717, 1.165) is 32.1 Å². The molecule has 0 heterocycles. The van der Waals surface area contributed by atoms with Gasteiger partial charge in [0.15, 0.2) is 19.6 Å². The molecule has 0 aliphatic rings. The van der Waals surface area contributed by atoms with E-state index in [1.807, 2.05) is 6.92 Å². The highest BCUT2D eigenvalue weighted by Crippen LogP contribution is 2.13. The van der Waals surface area contributed by atoms with Crippen molar-refractivity contribution in [2.75, 3.05) is 26.2 Å². The molecule has 3 N–H and O–H groups in total. The second-order valence-electron chi connectivity index (χ2n) is 6.55. The standard InChI is InChI=1S/C18H31NO6/c1-2-3-4-5-6-7-8-9-10-11-12-19(13-16(20)21,14-17(22)23)15-18(24)25/h2-3H,4-15H2,1H3,(H2-,20,21,22,23,24,25)/p+1/b3-2+. The smallest absolute Gasteiger partial charge is 0.359 e. The maximum atomic E-state index is 11.1. The quantitative estimate of drug-likeness (QED) is 0.222. The first-order chi connectivity index (χ1) is 11.8. The van der Waals surface area contributed by atoms with Gasteiger partial charge in [-0.1, -0.05) is 37.8 Å². The van der Waals surface area contributed by atoms with Crippen LogP contribution in [0, 0.1) is 0 Å². The summed E-state index contributed by atoms with van der Waals surface area (Å²) in [5.74, 6) is -3.53. The van der Waals surface area contributed by atoms with E-state index in [-0.39, 0.29) is 6.54 Å². The van der Waals surface area contributed by atoms with Crippen LogP contribution in [0.4, 0.5) is 0 Å². The van der Waals surface area contributed by atoms with Gasteiger partial charge >= 0.3 is 17.9 Å². The number of quaternary nitrogens is 1. The third-order valence-corrected chi connectivity index (χ3v) is 4.15. The lowest BCUT2D eigenvalue weighted by atomic mass is 10.1. The normalized spacial score (nSPS) is 11.7. The molecular weight excluding hydrogens is 326 g/mol. The molecule has 144 valence electrons. The van der Waals surface area contributed by atoms with Gasteiger partial charge < -0.3 is 15.3 Å². The van der Waals surface area contributed by atoms with Gasteiger partial charge in [0.25, 0.3) is 0 Å². The monoisotopic (exact) mass is 358 g/mol. The highest BCUT2D eigenvalue weighted by atomic mass is 16.4. The molecule has 0 rings (SSSR count). The molecule has 0 aliphatic carbocycles. The van der Waals surface area contributed by atoms with Crippen LogP contribution in [0.25, 0.3) is 0 Å². The van der Waals surface area contributed by atoms with Crippen molar-refractivity contribution in [3.8, 4) is 0 Å². The largest absolute Gasteiger partial charge is 0.477 e. The zero-order valence-corrected chi connectivity index (χ0v) is 15.2. The molecule has 0 radical (unpaired) electrons. The molecule has 0 aromatic rings. The third kappa shape index (κ3) is 13.1. The minimum atomic E-state index is -1.18. The van der Waals surface area contributed by atoms with E-state index in [1.54, 1.807) is 0 Å². The topological polar surface area (TPSA) is 112 Å². The van der Waals surface area contributed by atoms with Crippen LogP contribution in [0.1, 0.15) is 58.3 Å². The van der Waals surface area contributed by atoms with Crippen LogP contribution in [0.5, 0.6) is 0 Å². The molecule has 0 aliphatic heterocycles. The Morgan fingerprint density at radius 2 is 1.12 bits per heavy atom. The summed E-state index contributed by atoms with van der Waals surface area (Å²) in [6, 6.07) is 0. The summed E-state index contributed by atoms with van der Waals surface area (Å²) in [7, 11) is 0. The first kappa shape index (κ1) is 23.1. The van der Waals surface area contributed by atoms with E-state index >= 15 is 0 Å². The first-order valence-corrected chi connectivity index (χ1v) is 8.93. The molecule has 7 heteroatoms. The number of nitrogens with zero attached hydrogens (tertiary/aromatic N) is 1. The van der Waals surface area contributed by atoms with E-state index in [4.69, 9.17) is 15.3 Å². The van der Waals surface area contributed by atoms with Crippen LogP contribution in [0.2, 0.25) is 0 Å². The molecule has 7 nitrogen and oxygen atoms in total. The molecule has 0 bridgehead atoms. The van der Waals surface area contributed by atoms with Crippen LogP contribution < -0.4 is 0 Å². The van der Waals surface area contributed by atoms with E-state index in [9.17, 15) is 14.4 Å². The van der Waals surface area contributed by atoms with Crippen LogP contribution in [0.15, 0.2) is 12.2 Å². The second kappa shape index (κ2) is 13.4. The summed E-state index contributed by atoms with van der Waals surface area (Å²) in [4.78, 5) is 33.2. The fraction of sp³-hybridized carbons (Fsp3) is 0.722. The van der Waals surface area contributed by atoms with E-state index in [1.165, 1.54) is 12.8 Å². The number of unbranched alkanes of at least 4 members (excludes halogenated alkanes) is 7. The molecule has 0 amide bonds. The van der Waals surface area contributed by atoms with Gasteiger partial charge in [0, 0.05) is 0 Å². The fourth-order valence-electron chi connectivity index (χ4n) is 3.03. The highest BCUT2D eigenvalue weighted by molar-refractivity contribution is 5.73. The lowest BCUT2D eigenvalue weighted by molar-refractivity contribution is -0.907. The third-order valence-electron chi connectivity index (χ3n) is 4.15. The minimum Gasteiger partial charge on any atom is -0.477 e. The predicted octanol–water partition coefficient (Wildman–Crippen LogP) is 2.75. The number of carboxylic acid groups (broad SMARTS) is 3. The average Bonchev–Trinajstić information content (AvgIpc) is 2.47. The Hall–Kier alpha value is -1.89. The fourth-order valence-corrected chi connectivity index (χ4v) is 3.03. The molecule has 25 heavy (non-hydrogen) atoms. The lowest BCUT2D eigenvalue weighted by Gasteiger charge is -2.34. The van der Waals surface area contributed by atoms with Gasteiger partial charge in [0.2, 0.25) is 0 Å². The van der Waals surface area contributed by atoms with Gasteiger partial charge in [-0.15, -0.1) is 0 Å². The Labute approximate surface area is 149 Å². The molecule has 0 atom stereocenters. The molecule has 0 fully saturated rings. The van der Waals surface area contributed by atoms with Crippen molar-refractivity contribution in [2.45, 2.75) is 58.3 Å². The van der Waals surface area contributed by atoms with Crippen LogP contribution in [-0.4, -0.2) is 63.9 Å². The number of rotatable bonds is 16. The number of allylic oxidation sites excluding steroid dienone is 2. The van der Waals surface area contributed by atoms with Crippen molar-refractivity contribution in [1.82, 2.24) is 0 Å². The zero-order valence-electron chi connectivity index (χ0n) is 15.2. The van der Waals surface area contributed by atoms with Gasteiger partial charge in [-0.05, 0) is 32.6 Å². The Balaban J connectivity index is 4.26. The van der Waals surface area contributed by atoms with Crippen LogP contribution in [-0.2, 0) is 14.4 Å². The Bertz CT molecular complexity index is 406. The van der Waals surface area contributed by atoms with E-state index in [2.05, 4.69) is 12.2 Å². The Morgan fingerprint density at radius 1 is 0.720 bits per heavy atom. The Kier molecular flexibility index (Phi) is 12.4. The van der Waals surface area contributed by atoms with Gasteiger partial charge in [-0.25, -0.2) is 14.4 Å². The van der Waals surface area contributed by atoms with Crippen LogP contribution >= 0.6 is 0 Å². The SMILES string of the molecule is C/C=C/CCCCCCCCC[N+](CC(=O)O)(CC(=O)O)CC(=O)O. The number of hydrogen-bond donors (Lipinski definition) is 3. The maximum Gasteiger partial charge on any atom is 0.359 e. The van der Waals surface area contributed by atoms with Crippen molar-refractivity contribution < 1.29 is 34.2 Å². The summed E-state index contributed by atoms with van der Waals surface area (Å²) in [6.07, 6.45) is 12.4. The summed E-state index contributed by atoms with van der Waals surface area (Å²) >= 11 is 0. The summed E-state index contributed by atoms with van der Waals surface area (Å²) in [5, 5.41) is 27.1. The first-order valence-electron chi connectivity index (χ1n) is 8.93. The lowest BCUT2D eigenvalue weighted by Crippen LogP contribution is -2.57. The zero-order chi connectivity index (χ0) is 19.1. The molecule has 0 saturated heterocycles. The highest BCUT2D eigenvalue weighted by Gasteiger charge is 2.35. The molecule has 0 saturated carbocycles. The number of aliphatic carboxylic acids is 3. The van der Waals surface area contributed by atoms with Crippen molar-refractivity contribution >= 4 is 17.9 Å².